The van der Waals surface area contributed by atoms with E-state index in [1.807, 2.05) is 6.92 Å². The van der Waals surface area contributed by atoms with Gasteiger partial charge in [0.1, 0.15) is 24.6 Å². The van der Waals surface area contributed by atoms with Crippen molar-refractivity contribution in [2.75, 3.05) is 0 Å². The molecule has 0 bridgehead atoms. The van der Waals surface area contributed by atoms with Gasteiger partial charge in [-0.1, -0.05) is 46.3 Å². The van der Waals surface area contributed by atoms with E-state index in [0.717, 1.165) is 31.1 Å². The van der Waals surface area contributed by atoms with Crippen LogP contribution in [0.1, 0.15) is 93.9 Å². The van der Waals surface area contributed by atoms with Crippen LogP contribution in [0.3, 0.4) is 0 Å². The summed E-state index contributed by atoms with van der Waals surface area (Å²) in [6, 6.07) is 0. The van der Waals surface area contributed by atoms with Crippen LogP contribution in [0.25, 0.3) is 0 Å². The van der Waals surface area contributed by atoms with Crippen LogP contribution in [0.4, 0.5) is 0 Å². The molecule has 0 aliphatic heterocycles. The average Bonchev–Trinajstić information content (AvgIpc) is 3.23. The highest BCUT2D eigenvalue weighted by Gasteiger charge is 2.70. The van der Waals surface area contributed by atoms with Gasteiger partial charge >= 0.3 is 17.9 Å². The molecule has 4 rings (SSSR count). The fraction of sp³-hybridized carbons (Fsp3) is 0.806. The molecule has 38 heavy (non-hydrogen) atoms. The molecule has 3 saturated carbocycles. The summed E-state index contributed by atoms with van der Waals surface area (Å²) >= 11 is 0. The van der Waals surface area contributed by atoms with Gasteiger partial charge in [-0.2, -0.15) is 0 Å². The van der Waals surface area contributed by atoms with E-state index in [0.29, 0.717) is 19.3 Å². The van der Waals surface area contributed by atoms with E-state index in [-0.39, 0.29) is 82.1 Å². The zero-order valence-corrected chi connectivity index (χ0v) is 24.4. The Bertz CT molecular complexity index is 1020. The van der Waals surface area contributed by atoms with Crippen molar-refractivity contribution in [2.24, 2.45) is 45.8 Å². The Balaban J connectivity index is 1.87. The molecule has 7 nitrogen and oxygen atoms in total. The van der Waals surface area contributed by atoms with Gasteiger partial charge in [-0.25, -0.2) is 0 Å². The van der Waals surface area contributed by atoms with Crippen molar-refractivity contribution < 1.29 is 33.4 Å². The van der Waals surface area contributed by atoms with Crippen molar-refractivity contribution in [3.8, 4) is 0 Å². The molecular weight excluding hydrogens is 484 g/mol. The van der Waals surface area contributed by atoms with Gasteiger partial charge in [-0.15, -0.1) is 0 Å². The van der Waals surface area contributed by atoms with Crippen LogP contribution in [-0.4, -0.2) is 42.5 Å². The number of allylic oxidation sites excluding steroid dienone is 2. The molecule has 7 heteroatoms. The molecule has 0 spiro atoms. The summed E-state index contributed by atoms with van der Waals surface area (Å²) in [5, 5.41) is 0. The molecule has 212 valence electrons. The number of rotatable bonds is 5. The highest BCUT2D eigenvalue weighted by atomic mass is 16.6. The third kappa shape index (κ3) is 4.52. The molecule has 4 aliphatic rings. The van der Waals surface area contributed by atoms with Crippen molar-refractivity contribution in [1.29, 1.82) is 0 Å². The normalized spacial score (nSPS) is 44.7. The summed E-state index contributed by atoms with van der Waals surface area (Å²) in [4.78, 5) is 48.7. The van der Waals surface area contributed by atoms with Crippen LogP contribution >= 0.6 is 0 Å². The highest BCUT2D eigenvalue weighted by Crippen LogP contribution is 2.72. The third-order valence-electron chi connectivity index (χ3n) is 11.4. The number of esters is 3. The van der Waals surface area contributed by atoms with Gasteiger partial charge in [0, 0.05) is 32.1 Å². The Labute approximate surface area is 227 Å². The zero-order valence-electron chi connectivity index (χ0n) is 24.4. The molecule has 0 saturated heterocycles. The lowest BCUT2D eigenvalue weighted by molar-refractivity contribution is -0.236. The second-order valence-electron chi connectivity index (χ2n) is 13.4. The quantitative estimate of drug-likeness (QED) is 0.202. The van der Waals surface area contributed by atoms with Gasteiger partial charge in [-0.05, 0) is 73.0 Å². The smallest absolute Gasteiger partial charge is 0.302 e. The molecule has 4 aliphatic carbocycles. The van der Waals surface area contributed by atoms with E-state index in [1.165, 1.54) is 20.8 Å². The molecule has 1 unspecified atom stereocenters. The number of hydrogen-bond donors (Lipinski definition) is 0. The molecule has 0 radical (unpaired) electrons. The number of ether oxygens (including phenoxy) is 3. The summed E-state index contributed by atoms with van der Waals surface area (Å²) in [5.41, 5.74) is 0.337. The zero-order chi connectivity index (χ0) is 28.2. The van der Waals surface area contributed by atoms with Crippen molar-refractivity contribution in [1.82, 2.24) is 0 Å². The Hall–Kier alpha value is -2.18. The summed E-state index contributed by atoms with van der Waals surface area (Å²) in [7, 11) is 0. The van der Waals surface area contributed by atoms with Crippen LogP contribution in [0, 0.1) is 45.8 Å². The number of carbonyl (C=O) groups is 4. The monoisotopic (exact) mass is 530 g/mol. The minimum absolute atomic E-state index is 0.0210. The van der Waals surface area contributed by atoms with E-state index in [4.69, 9.17) is 14.2 Å². The molecular formula is C31H46O7. The molecule has 0 aromatic carbocycles. The summed E-state index contributed by atoms with van der Waals surface area (Å²) in [5.74, 6) is -0.767. The number of aldehydes is 1. The number of carbonyl (C=O) groups excluding carboxylic acids is 4. The molecule has 0 N–H and O–H groups in total. The van der Waals surface area contributed by atoms with Crippen LogP contribution < -0.4 is 0 Å². The van der Waals surface area contributed by atoms with Gasteiger partial charge in [0.25, 0.3) is 0 Å². The van der Waals surface area contributed by atoms with E-state index >= 15 is 0 Å². The maximum Gasteiger partial charge on any atom is 0.302 e. The Morgan fingerprint density at radius 2 is 1.63 bits per heavy atom. The standard InChI is InChI=1S/C31H46O7/c1-17(16-32)23-9-10-24-28(23)18(2)25(37-20(4)34)13-26-30(7)12-11-22(36-19(3)33)14-29(30,6)15-27(31(24,26)8)38-21(5)35/h9,16-18,22,24-28H,10-15H2,1-8H3/t17-,18-,22-,24-,25-,26-,27-,28?,29+,30-,31+/m1/s1. The molecule has 3 fully saturated rings. The van der Waals surface area contributed by atoms with Crippen LogP contribution in [0.5, 0.6) is 0 Å². The van der Waals surface area contributed by atoms with Crippen molar-refractivity contribution in [3.63, 3.8) is 0 Å². The maximum absolute atomic E-state index is 12.5. The Kier molecular flexibility index (Phi) is 7.65. The number of fused-ring (bicyclic) bond motifs is 5. The van der Waals surface area contributed by atoms with Gasteiger partial charge < -0.3 is 19.0 Å². The molecule has 0 amide bonds. The summed E-state index contributed by atoms with van der Waals surface area (Å²) < 4.78 is 18.0. The second kappa shape index (κ2) is 10.1. The molecule has 11 atom stereocenters. The molecule has 0 heterocycles. The van der Waals surface area contributed by atoms with E-state index < -0.39 is 0 Å². The first-order valence-corrected chi connectivity index (χ1v) is 14.3. The van der Waals surface area contributed by atoms with Crippen LogP contribution in [0.15, 0.2) is 11.6 Å². The predicted octanol–water partition coefficient (Wildman–Crippen LogP) is 5.44. The highest BCUT2D eigenvalue weighted by molar-refractivity contribution is 5.67. The maximum atomic E-state index is 12.5. The fourth-order valence-corrected chi connectivity index (χ4v) is 9.47. The van der Waals surface area contributed by atoms with Crippen molar-refractivity contribution in [2.45, 2.75) is 112 Å². The number of hydrogen-bond acceptors (Lipinski definition) is 7. The Morgan fingerprint density at radius 1 is 1.00 bits per heavy atom. The topological polar surface area (TPSA) is 96.0 Å². The largest absolute Gasteiger partial charge is 0.463 e. The lowest BCUT2D eigenvalue weighted by Crippen LogP contribution is -2.65. The van der Waals surface area contributed by atoms with Gasteiger partial charge in [0.05, 0.1) is 0 Å². The molecule has 0 aromatic rings. The van der Waals surface area contributed by atoms with E-state index in [9.17, 15) is 19.2 Å². The van der Waals surface area contributed by atoms with Gasteiger partial charge in [-0.3, -0.25) is 14.4 Å². The predicted molar refractivity (Wildman–Crippen MR) is 142 cm³/mol. The average molecular weight is 531 g/mol. The fourth-order valence-electron chi connectivity index (χ4n) is 9.47. The third-order valence-corrected chi connectivity index (χ3v) is 11.4. The first-order chi connectivity index (χ1) is 17.7. The molecule has 0 aromatic heterocycles. The minimum Gasteiger partial charge on any atom is -0.463 e. The van der Waals surface area contributed by atoms with E-state index in [1.54, 1.807) is 0 Å². The van der Waals surface area contributed by atoms with Crippen LogP contribution in [0.2, 0.25) is 0 Å². The second-order valence-corrected chi connectivity index (χ2v) is 13.4. The Morgan fingerprint density at radius 3 is 2.21 bits per heavy atom. The summed E-state index contributed by atoms with van der Waals surface area (Å²) in [6.07, 6.45) is 6.95. The lowest BCUT2D eigenvalue weighted by Gasteiger charge is -2.67. The van der Waals surface area contributed by atoms with E-state index in [2.05, 4.69) is 33.8 Å². The van der Waals surface area contributed by atoms with Crippen molar-refractivity contribution in [3.05, 3.63) is 11.6 Å². The summed E-state index contributed by atoms with van der Waals surface area (Å²) in [6.45, 7) is 15.4. The SMILES string of the molecule is CC(=O)O[C@@H]1CC[C@]2(C)[C@H]3C[C@@H](OC(C)=O)[C@@H](C)C4C([C@H](C)C=O)=CC[C@H]4[C@]3(C)[C@H](OC(C)=O)C[C@]2(C)C1. The first-order valence-electron chi connectivity index (χ1n) is 14.3. The minimum atomic E-state index is -0.386. The van der Waals surface area contributed by atoms with Gasteiger partial charge in [0.15, 0.2) is 0 Å². The van der Waals surface area contributed by atoms with Gasteiger partial charge in [0.2, 0.25) is 0 Å². The van der Waals surface area contributed by atoms with Crippen molar-refractivity contribution >= 4 is 24.2 Å². The first kappa shape index (κ1) is 28.8. The lowest BCUT2D eigenvalue weighted by atomic mass is 9.39. The van der Waals surface area contributed by atoms with Crippen LogP contribution in [-0.2, 0) is 33.4 Å².